The fraction of sp³-hybridized carbons (Fsp3) is 0.684. The zero-order valence-corrected chi connectivity index (χ0v) is 17.3. The molecule has 0 aliphatic carbocycles. The van der Waals surface area contributed by atoms with Gasteiger partial charge in [0.15, 0.2) is 0 Å². The molecule has 2 aliphatic rings. The predicted molar refractivity (Wildman–Crippen MR) is 112 cm³/mol. The zero-order valence-electron chi connectivity index (χ0n) is 15.7. The second-order valence-electron chi connectivity index (χ2n) is 6.95. The first-order chi connectivity index (χ1) is 11.8. The molecule has 7 heteroatoms. The standard InChI is InChI=1S/C19H30N4O.2ClH/c1-2-11-23(17-9-10-20-15-17)19(24)16-7-8-18(21-14-16)22-12-5-3-4-6-13-22;;/h7-8,14,17,20H,2-6,9-13,15H2,1H3;2*1H. The van der Waals surface area contributed by atoms with Gasteiger partial charge in [-0.3, -0.25) is 4.79 Å². The molecular weight excluding hydrogens is 371 g/mol. The number of rotatable bonds is 5. The van der Waals surface area contributed by atoms with E-state index in [1.54, 1.807) is 6.20 Å². The number of carbonyl (C=O) groups excluding carboxylic acids is 1. The molecule has 1 amide bonds. The first kappa shape index (κ1) is 23.0. The number of anilines is 1. The lowest BCUT2D eigenvalue weighted by Gasteiger charge is -2.28. The molecule has 0 aromatic carbocycles. The largest absolute Gasteiger partial charge is 0.357 e. The fourth-order valence-corrected chi connectivity index (χ4v) is 3.76. The Bertz CT molecular complexity index is 527. The van der Waals surface area contributed by atoms with Crippen molar-refractivity contribution in [3.8, 4) is 0 Å². The van der Waals surface area contributed by atoms with Crippen molar-refractivity contribution >= 4 is 36.5 Å². The number of carbonyl (C=O) groups is 1. The van der Waals surface area contributed by atoms with Gasteiger partial charge < -0.3 is 15.1 Å². The third-order valence-electron chi connectivity index (χ3n) is 5.13. The number of nitrogens with zero attached hydrogens (tertiary/aromatic N) is 3. The van der Waals surface area contributed by atoms with Crippen molar-refractivity contribution in [1.29, 1.82) is 0 Å². The van der Waals surface area contributed by atoms with Gasteiger partial charge >= 0.3 is 0 Å². The lowest BCUT2D eigenvalue weighted by atomic mass is 10.1. The van der Waals surface area contributed by atoms with E-state index in [2.05, 4.69) is 22.1 Å². The SMILES string of the molecule is CCCN(C(=O)c1ccc(N2CCCCCC2)nc1)C1CCNC1.Cl.Cl. The molecule has 0 bridgehead atoms. The van der Waals surface area contributed by atoms with E-state index in [4.69, 9.17) is 0 Å². The molecule has 1 unspecified atom stereocenters. The summed E-state index contributed by atoms with van der Waals surface area (Å²) in [6.07, 6.45) is 8.91. The summed E-state index contributed by atoms with van der Waals surface area (Å²) < 4.78 is 0. The van der Waals surface area contributed by atoms with Crippen LogP contribution < -0.4 is 10.2 Å². The third-order valence-corrected chi connectivity index (χ3v) is 5.13. The molecule has 2 aliphatic heterocycles. The van der Waals surface area contributed by atoms with Crippen LogP contribution in [0.2, 0.25) is 0 Å². The molecule has 1 aromatic heterocycles. The minimum absolute atomic E-state index is 0. The Labute approximate surface area is 169 Å². The molecular formula is C19H32Cl2N4O. The lowest BCUT2D eigenvalue weighted by Crippen LogP contribution is -2.42. The van der Waals surface area contributed by atoms with Crippen LogP contribution in [0, 0.1) is 0 Å². The number of pyridine rings is 1. The molecule has 0 saturated carbocycles. The highest BCUT2D eigenvalue weighted by molar-refractivity contribution is 5.94. The molecule has 3 heterocycles. The van der Waals surface area contributed by atoms with Gasteiger partial charge in [-0.15, -0.1) is 24.8 Å². The average molecular weight is 403 g/mol. The van der Waals surface area contributed by atoms with Gasteiger partial charge in [0.1, 0.15) is 5.82 Å². The highest BCUT2D eigenvalue weighted by Crippen LogP contribution is 2.19. The van der Waals surface area contributed by atoms with Crippen LogP contribution >= 0.6 is 24.8 Å². The maximum absolute atomic E-state index is 12.9. The van der Waals surface area contributed by atoms with Gasteiger partial charge in [-0.1, -0.05) is 19.8 Å². The van der Waals surface area contributed by atoms with E-state index < -0.39 is 0 Å². The molecule has 1 atom stereocenters. The summed E-state index contributed by atoms with van der Waals surface area (Å²) in [6.45, 7) is 7.02. The van der Waals surface area contributed by atoms with Crippen LogP contribution in [0.15, 0.2) is 18.3 Å². The number of amides is 1. The Morgan fingerprint density at radius 1 is 1.23 bits per heavy atom. The van der Waals surface area contributed by atoms with Crippen molar-refractivity contribution in [3.63, 3.8) is 0 Å². The number of aromatic nitrogens is 1. The minimum atomic E-state index is 0. The summed E-state index contributed by atoms with van der Waals surface area (Å²) in [5.41, 5.74) is 0.717. The molecule has 1 N–H and O–H groups in total. The van der Waals surface area contributed by atoms with Gasteiger partial charge in [-0.25, -0.2) is 4.98 Å². The summed E-state index contributed by atoms with van der Waals surface area (Å²) in [5.74, 6) is 1.14. The second kappa shape index (κ2) is 11.6. The van der Waals surface area contributed by atoms with Crippen molar-refractivity contribution in [2.45, 2.75) is 51.5 Å². The maximum atomic E-state index is 12.9. The van der Waals surface area contributed by atoms with Crippen molar-refractivity contribution in [3.05, 3.63) is 23.9 Å². The molecule has 3 rings (SSSR count). The van der Waals surface area contributed by atoms with Crippen molar-refractivity contribution in [2.75, 3.05) is 37.6 Å². The monoisotopic (exact) mass is 402 g/mol. The molecule has 5 nitrogen and oxygen atoms in total. The summed E-state index contributed by atoms with van der Waals surface area (Å²) in [4.78, 5) is 21.9. The van der Waals surface area contributed by atoms with Crippen molar-refractivity contribution in [2.24, 2.45) is 0 Å². The smallest absolute Gasteiger partial charge is 0.255 e. The Hall–Kier alpha value is -1.04. The van der Waals surface area contributed by atoms with E-state index in [0.29, 0.717) is 11.6 Å². The lowest BCUT2D eigenvalue weighted by molar-refractivity contribution is 0.0692. The Morgan fingerprint density at radius 3 is 2.50 bits per heavy atom. The van der Waals surface area contributed by atoms with Crippen LogP contribution in [0.25, 0.3) is 0 Å². The van der Waals surface area contributed by atoms with Crippen LogP contribution in [-0.4, -0.2) is 54.6 Å². The van der Waals surface area contributed by atoms with E-state index in [0.717, 1.165) is 51.4 Å². The molecule has 26 heavy (non-hydrogen) atoms. The molecule has 2 saturated heterocycles. The molecule has 0 spiro atoms. The van der Waals surface area contributed by atoms with E-state index in [-0.39, 0.29) is 30.7 Å². The predicted octanol–water partition coefficient (Wildman–Crippen LogP) is 3.52. The van der Waals surface area contributed by atoms with Crippen LogP contribution in [0.1, 0.15) is 55.8 Å². The number of halogens is 2. The molecule has 148 valence electrons. The molecule has 1 aromatic rings. The van der Waals surface area contributed by atoms with Gasteiger partial charge in [0.05, 0.1) is 5.56 Å². The Kier molecular flexibility index (Phi) is 10.3. The van der Waals surface area contributed by atoms with Gasteiger partial charge in [-0.2, -0.15) is 0 Å². The van der Waals surface area contributed by atoms with Crippen LogP contribution in [0.3, 0.4) is 0 Å². The van der Waals surface area contributed by atoms with E-state index in [1.807, 2.05) is 17.0 Å². The van der Waals surface area contributed by atoms with Crippen LogP contribution in [-0.2, 0) is 0 Å². The van der Waals surface area contributed by atoms with Gasteiger partial charge in [0.25, 0.3) is 5.91 Å². The highest BCUT2D eigenvalue weighted by atomic mass is 35.5. The fourth-order valence-electron chi connectivity index (χ4n) is 3.76. The zero-order chi connectivity index (χ0) is 16.8. The third kappa shape index (κ3) is 5.73. The maximum Gasteiger partial charge on any atom is 0.255 e. The highest BCUT2D eigenvalue weighted by Gasteiger charge is 2.26. The first-order valence-electron chi connectivity index (χ1n) is 9.52. The average Bonchev–Trinajstić information content (AvgIpc) is 3.01. The molecule has 0 radical (unpaired) electrons. The van der Waals surface area contributed by atoms with Crippen LogP contribution in [0.4, 0.5) is 5.82 Å². The Morgan fingerprint density at radius 2 is 1.96 bits per heavy atom. The number of nitrogens with one attached hydrogen (secondary N) is 1. The summed E-state index contributed by atoms with van der Waals surface area (Å²) >= 11 is 0. The number of hydrogen-bond donors (Lipinski definition) is 1. The van der Waals surface area contributed by atoms with E-state index in [1.165, 1.54) is 25.7 Å². The van der Waals surface area contributed by atoms with Gasteiger partial charge in [0, 0.05) is 38.4 Å². The topological polar surface area (TPSA) is 48.5 Å². The number of hydrogen-bond acceptors (Lipinski definition) is 4. The van der Waals surface area contributed by atoms with Crippen molar-refractivity contribution < 1.29 is 4.79 Å². The Balaban J connectivity index is 0.00000169. The molecule has 2 fully saturated rings. The van der Waals surface area contributed by atoms with Crippen LogP contribution in [0.5, 0.6) is 0 Å². The summed E-state index contributed by atoms with van der Waals surface area (Å²) in [6, 6.07) is 4.30. The van der Waals surface area contributed by atoms with Gasteiger partial charge in [0.2, 0.25) is 0 Å². The van der Waals surface area contributed by atoms with E-state index in [9.17, 15) is 4.79 Å². The summed E-state index contributed by atoms with van der Waals surface area (Å²) in [5, 5.41) is 3.36. The first-order valence-corrected chi connectivity index (χ1v) is 9.52. The van der Waals surface area contributed by atoms with Crippen molar-refractivity contribution in [1.82, 2.24) is 15.2 Å². The minimum Gasteiger partial charge on any atom is -0.357 e. The normalized spacial score (nSPS) is 19.9. The summed E-state index contributed by atoms with van der Waals surface area (Å²) in [7, 11) is 0. The van der Waals surface area contributed by atoms with Gasteiger partial charge in [-0.05, 0) is 44.4 Å². The quantitative estimate of drug-likeness (QED) is 0.818. The second-order valence-corrected chi connectivity index (χ2v) is 6.95. The van der Waals surface area contributed by atoms with E-state index >= 15 is 0 Å².